The lowest BCUT2D eigenvalue weighted by Gasteiger charge is -2.11. The van der Waals surface area contributed by atoms with E-state index < -0.39 is 17.5 Å². The first-order chi connectivity index (χ1) is 10.1. The Kier molecular flexibility index (Phi) is 4.95. The number of aromatic carboxylic acids is 1. The number of halogens is 1. The SMILES string of the molecule is O=C(O)c1ccc(C(=O)OC(Cl)Cc2ccccc2)cc1. The Balaban J connectivity index is 1.96. The molecule has 0 fully saturated rings. The van der Waals surface area contributed by atoms with Gasteiger partial charge in [0.05, 0.1) is 11.1 Å². The molecule has 0 heterocycles. The molecule has 108 valence electrons. The highest BCUT2D eigenvalue weighted by Gasteiger charge is 2.14. The van der Waals surface area contributed by atoms with E-state index in [1.165, 1.54) is 24.3 Å². The molecule has 21 heavy (non-hydrogen) atoms. The fourth-order valence-corrected chi connectivity index (χ4v) is 2.03. The molecule has 0 aliphatic rings. The molecule has 1 N–H and O–H groups in total. The Bertz CT molecular complexity index is 622. The molecule has 0 radical (unpaired) electrons. The lowest BCUT2D eigenvalue weighted by atomic mass is 10.1. The summed E-state index contributed by atoms with van der Waals surface area (Å²) in [5.74, 6) is -1.63. The van der Waals surface area contributed by atoms with Crippen LogP contribution in [0.5, 0.6) is 0 Å². The summed E-state index contributed by atoms with van der Waals surface area (Å²) < 4.78 is 5.12. The summed E-state index contributed by atoms with van der Waals surface area (Å²) in [6, 6.07) is 14.9. The topological polar surface area (TPSA) is 63.6 Å². The summed E-state index contributed by atoms with van der Waals surface area (Å²) in [4.78, 5) is 22.6. The quantitative estimate of drug-likeness (QED) is 0.679. The molecule has 2 aromatic carbocycles. The highest BCUT2D eigenvalue weighted by molar-refractivity contribution is 6.20. The van der Waals surface area contributed by atoms with Crippen molar-refractivity contribution in [3.05, 3.63) is 71.3 Å². The number of hydrogen-bond donors (Lipinski definition) is 1. The number of alkyl halides is 1. The Hall–Kier alpha value is -2.33. The zero-order valence-corrected chi connectivity index (χ0v) is 11.8. The molecule has 0 aliphatic carbocycles. The molecule has 0 saturated carbocycles. The maximum atomic E-state index is 11.9. The molecule has 2 aromatic rings. The van der Waals surface area contributed by atoms with Gasteiger partial charge in [0.15, 0.2) is 5.56 Å². The number of hydrogen-bond acceptors (Lipinski definition) is 3. The molecule has 1 atom stereocenters. The van der Waals surface area contributed by atoms with Gasteiger partial charge in [-0.05, 0) is 29.8 Å². The zero-order chi connectivity index (χ0) is 15.2. The number of esters is 1. The van der Waals surface area contributed by atoms with E-state index in [-0.39, 0.29) is 11.1 Å². The van der Waals surface area contributed by atoms with E-state index in [1.54, 1.807) is 0 Å². The van der Waals surface area contributed by atoms with Crippen molar-refractivity contribution < 1.29 is 19.4 Å². The molecule has 1 unspecified atom stereocenters. The number of ether oxygens (including phenoxy) is 1. The first-order valence-corrected chi connectivity index (χ1v) is 6.72. The van der Waals surface area contributed by atoms with Gasteiger partial charge in [0.1, 0.15) is 0 Å². The van der Waals surface area contributed by atoms with Gasteiger partial charge >= 0.3 is 11.9 Å². The van der Waals surface area contributed by atoms with Crippen molar-refractivity contribution in [3.8, 4) is 0 Å². The second-order valence-corrected chi connectivity index (χ2v) is 4.87. The van der Waals surface area contributed by atoms with E-state index >= 15 is 0 Å². The van der Waals surface area contributed by atoms with Crippen LogP contribution in [0, 0.1) is 0 Å². The lowest BCUT2D eigenvalue weighted by molar-refractivity contribution is 0.0448. The molecule has 4 nitrogen and oxygen atoms in total. The third-order valence-corrected chi connectivity index (χ3v) is 3.08. The molecule has 5 heteroatoms. The van der Waals surface area contributed by atoms with Gasteiger partial charge in [-0.25, -0.2) is 9.59 Å². The molecule has 2 rings (SSSR count). The van der Waals surface area contributed by atoms with Gasteiger partial charge in [0, 0.05) is 6.42 Å². The van der Waals surface area contributed by atoms with Crippen LogP contribution < -0.4 is 0 Å². The minimum absolute atomic E-state index is 0.109. The van der Waals surface area contributed by atoms with E-state index in [2.05, 4.69) is 0 Å². The predicted octanol–water partition coefficient (Wildman–Crippen LogP) is 3.35. The van der Waals surface area contributed by atoms with Gasteiger partial charge in [0.25, 0.3) is 0 Å². The number of carboxylic acid groups (broad SMARTS) is 1. The van der Waals surface area contributed by atoms with Crippen molar-refractivity contribution >= 4 is 23.5 Å². The van der Waals surface area contributed by atoms with Crippen molar-refractivity contribution in [2.75, 3.05) is 0 Å². The average Bonchev–Trinajstić information content (AvgIpc) is 2.48. The minimum atomic E-state index is -1.05. The third-order valence-electron chi connectivity index (χ3n) is 2.84. The van der Waals surface area contributed by atoms with Crippen LogP contribution in [0.2, 0.25) is 0 Å². The normalized spacial score (nSPS) is 11.7. The van der Waals surface area contributed by atoms with Gasteiger partial charge in [-0.15, -0.1) is 0 Å². The summed E-state index contributed by atoms with van der Waals surface area (Å²) in [5, 5.41) is 8.79. The summed E-state index contributed by atoms with van der Waals surface area (Å²) in [5.41, 5.74) is 0.558. The summed E-state index contributed by atoms with van der Waals surface area (Å²) in [6.45, 7) is 0. The molecule has 0 aromatic heterocycles. The number of rotatable bonds is 5. The predicted molar refractivity (Wildman–Crippen MR) is 78.6 cm³/mol. The van der Waals surface area contributed by atoms with Crippen molar-refractivity contribution in [2.45, 2.75) is 12.0 Å². The summed E-state index contributed by atoms with van der Waals surface area (Å²) >= 11 is 6.00. The Morgan fingerprint density at radius 3 is 2.14 bits per heavy atom. The molecule has 0 spiro atoms. The first-order valence-electron chi connectivity index (χ1n) is 6.28. The van der Waals surface area contributed by atoms with Crippen LogP contribution in [-0.2, 0) is 11.2 Å². The van der Waals surface area contributed by atoms with E-state index in [1.807, 2.05) is 30.3 Å². The second kappa shape index (κ2) is 6.90. The van der Waals surface area contributed by atoms with Gasteiger partial charge in [-0.1, -0.05) is 41.9 Å². The van der Waals surface area contributed by atoms with Crippen LogP contribution in [0.4, 0.5) is 0 Å². The molecule has 0 bridgehead atoms. The molecular weight excluding hydrogens is 292 g/mol. The molecule has 0 amide bonds. The van der Waals surface area contributed by atoms with Gasteiger partial charge in [-0.3, -0.25) is 0 Å². The monoisotopic (exact) mass is 304 g/mol. The standard InChI is InChI=1S/C16H13ClO4/c17-14(10-11-4-2-1-3-5-11)21-16(20)13-8-6-12(7-9-13)15(18)19/h1-9,14H,10H2,(H,18,19). The fourth-order valence-electron chi connectivity index (χ4n) is 1.77. The Morgan fingerprint density at radius 2 is 1.57 bits per heavy atom. The number of carbonyl (C=O) groups is 2. The van der Waals surface area contributed by atoms with Crippen molar-refractivity contribution in [3.63, 3.8) is 0 Å². The van der Waals surface area contributed by atoms with E-state index in [9.17, 15) is 9.59 Å². The first kappa shape index (κ1) is 15.1. The van der Waals surface area contributed by atoms with Gasteiger partial charge < -0.3 is 9.84 Å². The lowest BCUT2D eigenvalue weighted by Crippen LogP contribution is -2.15. The van der Waals surface area contributed by atoms with Crippen molar-refractivity contribution in [1.82, 2.24) is 0 Å². The number of carboxylic acids is 1. The van der Waals surface area contributed by atoms with Crippen LogP contribution in [0.3, 0.4) is 0 Å². The zero-order valence-electron chi connectivity index (χ0n) is 11.0. The van der Waals surface area contributed by atoms with E-state index in [4.69, 9.17) is 21.4 Å². The third kappa shape index (κ3) is 4.33. The van der Waals surface area contributed by atoms with E-state index in [0.29, 0.717) is 6.42 Å². The van der Waals surface area contributed by atoms with Gasteiger partial charge in [-0.2, -0.15) is 0 Å². The Labute approximate surface area is 126 Å². The Morgan fingerprint density at radius 1 is 1.00 bits per heavy atom. The summed E-state index contributed by atoms with van der Waals surface area (Å²) in [6.07, 6.45) is 0.404. The van der Waals surface area contributed by atoms with Crippen LogP contribution >= 0.6 is 11.6 Å². The van der Waals surface area contributed by atoms with Gasteiger partial charge in [0.2, 0.25) is 0 Å². The second-order valence-electron chi connectivity index (χ2n) is 4.39. The highest BCUT2D eigenvalue weighted by atomic mass is 35.5. The van der Waals surface area contributed by atoms with E-state index in [0.717, 1.165) is 5.56 Å². The molecular formula is C16H13ClO4. The van der Waals surface area contributed by atoms with Crippen molar-refractivity contribution in [2.24, 2.45) is 0 Å². The average molecular weight is 305 g/mol. The number of benzene rings is 2. The van der Waals surface area contributed by atoms with Crippen LogP contribution in [0.25, 0.3) is 0 Å². The maximum absolute atomic E-state index is 11.9. The highest BCUT2D eigenvalue weighted by Crippen LogP contribution is 2.13. The summed E-state index contributed by atoms with van der Waals surface area (Å²) in [7, 11) is 0. The fraction of sp³-hybridized carbons (Fsp3) is 0.125. The van der Waals surface area contributed by atoms with Crippen LogP contribution in [-0.4, -0.2) is 22.6 Å². The maximum Gasteiger partial charge on any atom is 0.339 e. The smallest absolute Gasteiger partial charge is 0.339 e. The minimum Gasteiger partial charge on any atom is -0.478 e. The molecule has 0 aliphatic heterocycles. The van der Waals surface area contributed by atoms with Crippen molar-refractivity contribution in [1.29, 1.82) is 0 Å². The van der Waals surface area contributed by atoms with Crippen LogP contribution in [0.1, 0.15) is 26.3 Å². The molecule has 0 saturated heterocycles. The van der Waals surface area contributed by atoms with Crippen LogP contribution in [0.15, 0.2) is 54.6 Å². The number of carbonyl (C=O) groups excluding carboxylic acids is 1. The largest absolute Gasteiger partial charge is 0.478 e.